The second kappa shape index (κ2) is 12.3. The molecule has 0 aliphatic carbocycles. The summed E-state index contributed by atoms with van der Waals surface area (Å²) >= 11 is 0. The van der Waals surface area contributed by atoms with Crippen LogP contribution in [0.5, 0.6) is 0 Å². The summed E-state index contributed by atoms with van der Waals surface area (Å²) in [6.45, 7) is 4.08. The molecule has 4 aromatic rings. The Hall–Kier alpha value is -3.97. The van der Waals surface area contributed by atoms with Gasteiger partial charge in [0.05, 0.1) is 12.3 Å². The minimum absolute atomic E-state index is 0.240. The Kier molecular flexibility index (Phi) is 8.54. The Morgan fingerprint density at radius 3 is 2.49 bits per heavy atom. The van der Waals surface area contributed by atoms with Crippen molar-refractivity contribution in [1.29, 1.82) is 0 Å². The number of hydrogen-bond acceptors (Lipinski definition) is 8. The van der Waals surface area contributed by atoms with Gasteiger partial charge in [0.2, 0.25) is 0 Å². The number of anilines is 1. The van der Waals surface area contributed by atoms with Crippen molar-refractivity contribution in [2.75, 3.05) is 38.7 Å². The number of aliphatic hydroxyl groups is 1. The van der Waals surface area contributed by atoms with E-state index in [4.69, 9.17) is 9.84 Å². The van der Waals surface area contributed by atoms with Gasteiger partial charge in [-0.2, -0.15) is 10.2 Å². The topological polar surface area (TPSA) is 109 Å². The molecule has 3 N–H and O–H groups in total. The van der Waals surface area contributed by atoms with Crippen molar-refractivity contribution in [3.63, 3.8) is 0 Å². The van der Waals surface area contributed by atoms with Gasteiger partial charge in [-0.25, -0.2) is 18.1 Å². The number of ether oxygens (including phenoxy) is 1. The van der Waals surface area contributed by atoms with Crippen LogP contribution in [0.3, 0.4) is 0 Å². The monoisotopic (exact) mass is 565 g/mol. The first-order valence-electron chi connectivity index (χ1n) is 13.3. The predicted octanol–water partition coefficient (Wildman–Crippen LogP) is 2.61. The molecule has 2 aromatic carbocycles. The molecular formula is C29H33F2N7O3. The van der Waals surface area contributed by atoms with Gasteiger partial charge in [0.25, 0.3) is 5.56 Å². The highest BCUT2D eigenvalue weighted by molar-refractivity contribution is 5.67. The second-order valence-electron chi connectivity index (χ2n) is 10.1. The van der Waals surface area contributed by atoms with Crippen LogP contribution in [0.4, 0.5) is 14.6 Å². The van der Waals surface area contributed by atoms with Crippen LogP contribution in [-0.2, 0) is 11.8 Å². The summed E-state index contributed by atoms with van der Waals surface area (Å²) in [5, 5.41) is 26.7. The Bertz CT molecular complexity index is 1540. The van der Waals surface area contributed by atoms with Crippen LogP contribution >= 0.6 is 0 Å². The number of methoxy groups -OCH3 is 1. The molecule has 216 valence electrons. The number of aromatic nitrogens is 4. The van der Waals surface area contributed by atoms with E-state index >= 15 is 0 Å². The third-order valence-corrected chi connectivity index (χ3v) is 7.29. The molecule has 1 aliphatic heterocycles. The number of hydrogen-bond donors (Lipinski definition) is 3. The van der Waals surface area contributed by atoms with Gasteiger partial charge in [0.1, 0.15) is 28.8 Å². The maximum Gasteiger partial charge on any atom is 0.266 e. The van der Waals surface area contributed by atoms with Crippen molar-refractivity contribution >= 4 is 5.82 Å². The van der Waals surface area contributed by atoms with Crippen LogP contribution in [0, 0.1) is 18.6 Å². The molecule has 5 rings (SSSR count). The van der Waals surface area contributed by atoms with Gasteiger partial charge in [-0.05, 0) is 42.8 Å². The standard InChI is InChI=1S/C29H33F2N7O3/c1-18-27(24-9-10-26(39)36(2)34-24)35-38(22-7-5-4-6-8-22)28(18)33-29(40)32-25-17-37(11-12-41-3)16-23(25)19-13-20(30)15-21(31)14-19/h4-10,13-15,23,25,29,32-33,40H,11-12,16-17H2,1-3H3. The van der Waals surface area contributed by atoms with Crippen molar-refractivity contribution in [3.8, 4) is 17.1 Å². The number of para-hydroxylation sites is 1. The maximum atomic E-state index is 14.1. The van der Waals surface area contributed by atoms with Crippen molar-refractivity contribution in [1.82, 2.24) is 29.8 Å². The summed E-state index contributed by atoms with van der Waals surface area (Å²) in [4.78, 5) is 14.0. The van der Waals surface area contributed by atoms with Crippen LogP contribution in [0.15, 0.2) is 65.5 Å². The zero-order valence-corrected chi connectivity index (χ0v) is 23.1. The maximum absolute atomic E-state index is 14.1. The van der Waals surface area contributed by atoms with Gasteiger partial charge >= 0.3 is 0 Å². The summed E-state index contributed by atoms with van der Waals surface area (Å²) in [7, 11) is 3.19. The fourth-order valence-electron chi connectivity index (χ4n) is 5.25. The quantitative estimate of drug-likeness (QED) is 0.252. The molecule has 1 aliphatic rings. The Morgan fingerprint density at radius 1 is 1.07 bits per heavy atom. The Labute approximate surface area is 236 Å². The van der Waals surface area contributed by atoms with E-state index in [1.165, 1.54) is 22.9 Å². The van der Waals surface area contributed by atoms with E-state index in [9.17, 15) is 18.7 Å². The molecule has 2 aromatic heterocycles. The number of aryl methyl sites for hydroxylation is 1. The summed E-state index contributed by atoms with van der Waals surface area (Å²) in [6, 6.07) is 15.7. The fraction of sp³-hybridized carbons (Fsp3) is 0.345. The molecule has 3 unspecified atom stereocenters. The van der Waals surface area contributed by atoms with Crippen molar-refractivity contribution in [3.05, 3.63) is 93.8 Å². The highest BCUT2D eigenvalue weighted by Crippen LogP contribution is 2.31. The van der Waals surface area contributed by atoms with E-state index < -0.39 is 18.0 Å². The first-order valence-corrected chi connectivity index (χ1v) is 13.3. The lowest BCUT2D eigenvalue weighted by atomic mass is 9.94. The molecule has 0 radical (unpaired) electrons. The minimum Gasteiger partial charge on any atom is -0.383 e. The molecule has 41 heavy (non-hydrogen) atoms. The van der Waals surface area contributed by atoms with Crippen LogP contribution in [-0.4, -0.2) is 75.3 Å². The number of likely N-dealkylation sites (tertiary alicyclic amines) is 1. The average Bonchev–Trinajstić information content (AvgIpc) is 3.49. The molecule has 10 nitrogen and oxygen atoms in total. The highest BCUT2D eigenvalue weighted by atomic mass is 19.1. The van der Waals surface area contributed by atoms with Crippen molar-refractivity contribution in [2.45, 2.75) is 25.2 Å². The molecule has 0 spiro atoms. The molecule has 3 heterocycles. The molecule has 0 saturated carbocycles. The normalized spacial score (nSPS) is 18.1. The third kappa shape index (κ3) is 6.35. The molecule has 0 bridgehead atoms. The largest absolute Gasteiger partial charge is 0.383 e. The SMILES string of the molecule is COCCN1CC(NC(O)Nc2c(C)c(-c3ccc(=O)n(C)n3)nn2-c2ccccc2)C(c2cc(F)cc(F)c2)C1. The van der Waals surface area contributed by atoms with Crippen molar-refractivity contribution < 1.29 is 18.6 Å². The number of nitrogens with one attached hydrogen (secondary N) is 2. The number of benzene rings is 2. The van der Waals surface area contributed by atoms with E-state index in [1.54, 1.807) is 24.9 Å². The molecule has 1 fully saturated rings. The lowest BCUT2D eigenvalue weighted by Gasteiger charge is -2.25. The Morgan fingerprint density at radius 2 is 1.80 bits per heavy atom. The minimum atomic E-state index is -1.23. The zero-order valence-electron chi connectivity index (χ0n) is 23.1. The molecule has 0 amide bonds. The Balaban J connectivity index is 1.44. The first-order chi connectivity index (χ1) is 19.7. The van der Waals surface area contributed by atoms with Crippen molar-refractivity contribution in [2.24, 2.45) is 7.05 Å². The first kappa shape index (κ1) is 28.6. The summed E-state index contributed by atoms with van der Waals surface area (Å²) < 4.78 is 36.3. The van der Waals surface area contributed by atoms with Gasteiger partial charge in [-0.3, -0.25) is 15.0 Å². The number of nitrogens with zero attached hydrogens (tertiary/aromatic N) is 5. The zero-order chi connectivity index (χ0) is 29.1. The van der Waals surface area contributed by atoms with E-state index in [0.717, 1.165) is 11.8 Å². The van der Waals surface area contributed by atoms with Crippen LogP contribution in [0.25, 0.3) is 17.1 Å². The molecule has 3 atom stereocenters. The number of halogens is 2. The average molecular weight is 566 g/mol. The fourth-order valence-corrected chi connectivity index (χ4v) is 5.25. The van der Waals surface area contributed by atoms with Crippen LogP contribution in [0.2, 0.25) is 0 Å². The lowest BCUT2D eigenvalue weighted by molar-refractivity contribution is 0.139. The number of aliphatic hydroxyl groups excluding tert-OH is 1. The molecular weight excluding hydrogens is 532 g/mol. The summed E-state index contributed by atoms with van der Waals surface area (Å²) in [5.41, 5.74) is 2.77. The van der Waals surface area contributed by atoms with Crippen LogP contribution < -0.4 is 16.2 Å². The highest BCUT2D eigenvalue weighted by Gasteiger charge is 2.35. The van der Waals surface area contributed by atoms with E-state index in [1.807, 2.05) is 37.3 Å². The second-order valence-corrected chi connectivity index (χ2v) is 10.1. The van der Waals surface area contributed by atoms with Gasteiger partial charge in [0, 0.05) is 63.4 Å². The van der Waals surface area contributed by atoms with Gasteiger partial charge < -0.3 is 15.2 Å². The van der Waals surface area contributed by atoms with Gasteiger partial charge in [-0.15, -0.1) is 0 Å². The third-order valence-electron chi connectivity index (χ3n) is 7.29. The lowest BCUT2D eigenvalue weighted by Crippen LogP contribution is -2.46. The summed E-state index contributed by atoms with van der Waals surface area (Å²) in [6.07, 6.45) is -1.23. The van der Waals surface area contributed by atoms with Gasteiger partial charge in [-0.1, -0.05) is 18.2 Å². The van der Waals surface area contributed by atoms with Gasteiger partial charge in [0.15, 0.2) is 6.35 Å². The van der Waals surface area contributed by atoms with E-state index in [-0.39, 0.29) is 17.5 Å². The molecule has 1 saturated heterocycles. The van der Waals surface area contributed by atoms with E-state index in [0.29, 0.717) is 54.6 Å². The number of rotatable bonds is 10. The predicted molar refractivity (Wildman–Crippen MR) is 151 cm³/mol. The van der Waals surface area contributed by atoms with E-state index in [2.05, 4.69) is 20.6 Å². The smallest absolute Gasteiger partial charge is 0.266 e. The summed E-state index contributed by atoms with van der Waals surface area (Å²) in [5.74, 6) is -1.05. The van der Waals surface area contributed by atoms with Crippen LogP contribution in [0.1, 0.15) is 17.0 Å². The molecule has 12 heteroatoms.